The minimum Gasteiger partial charge on any atom is -0.462 e. The summed E-state index contributed by atoms with van der Waals surface area (Å²) in [5.41, 5.74) is 0.446. The molecule has 174 valence electrons. The lowest BCUT2D eigenvalue weighted by atomic mass is 9.92. The zero-order valence-corrected chi connectivity index (χ0v) is 19.5. The van der Waals surface area contributed by atoms with Crippen LogP contribution in [0.25, 0.3) is 10.4 Å². The summed E-state index contributed by atoms with van der Waals surface area (Å²) in [4.78, 5) is 52.6. The van der Waals surface area contributed by atoms with Gasteiger partial charge in [-0.05, 0) is 31.0 Å². The van der Waals surface area contributed by atoms with Gasteiger partial charge in [-0.15, -0.1) is 11.3 Å². The van der Waals surface area contributed by atoms with Crippen LogP contribution < -0.4 is 10.6 Å². The van der Waals surface area contributed by atoms with Crippen LogP contribution in [-0.2, 0) is 19.9 Å². The van der Waals surface area contributed by atoms with Gasteiger partial charge in [-0.2, -0.15) is 0 Å². The summed E-state index contributed by atoms with van der Waals surface area (Å²) >= 11 is 1.21. The van der Waals surface area contributed by atoms with Gasteiger partial charge >= 0.3 is 12.0 Å². The maximum Gasteiger partial charge on any atom is 0.341 e. The number of thiophene rings is 1. The quantitative estimate of drug-likeness (QED) is 0.395. The molecule has 1 atom stereocenters. The van der Waals surface area contributed by atoms with Gasteiger partial charge in [0, 0.05) is 4.88 Å². The van der Waals surface area contributed by atoms with Crippen molar-refractivity contribution in [2.75, 3.05) is 18.5 Å². The van der Waals surface area contributed by atoms with Crippen molar-refractivity contribution in [2.45, 2.75) is 19.4 Å². The van der Waals surface area contributed by atoms with E-state index < -0.39 is 35.9 Å². The first-order chi connectivity index (χ1) is 16.3. The van der Waals surface area contributed by atoms with Crippen molar-refractivity contribution in [3.05, 3.63) is 77.9 Å². The van der Waals surface area contributed by atoms with E-state index in [9.17, 15) is 19.2 Å². The number of anilines is 1. The molecule has 8 nitrogen and oxygen atoms in total. The highest BCUT2D eigenvalue weighted by molar-refractivity contribution is 7.20. The molecule has 2 aromatic carbocycles. The Morgan fingerprint density at radius 2 is 1.71 bits per heavy atom. The van der Waals surface area contributed by atoms with Crippen LogP contribution in [0.4, 0.5) is 9.80 Å². The Hall–Kier alpha value is -3.98. The largest absolute Gasteiger partial charge is 0.462 e. The Balaban J connectivity index is 1.55. The predicted octanol–water partition coefficient (Wildman–Crippen LogP) is 4.00. The number of hydrogen-bond donors (Lipinski definition) is 2. The Morgan fingerprint density at radius 1 is 1.06 bits per heavy atom. The van der Waals surface area contributed by atoms with E-state index in [4.69, 9.17) is 4.74 Å². The number of amides is 4. The van der Waals surface area contributed by atoms with Crippen LogP contribution in [0.5, 0.6) is 0 Å². The highest BCUT2D eigenvalue weighted by atomic mass is 32.1. The third-order valence-corrected chi connectivity index (χ3v) is 6.57. The molecule has 1 aliphatic rings. The number of nitrogens with one attached hydrogen (secondary N) is 2. The highest BCUT2D eigenvalue weighted by Crippen LogP contribution is 2.36. The molecule has 1 aliphatic heterocycles. The van der Waals surface area contributed by atoms with Gasteiger partial charge in [0.15, 0.2) is 0 Å². The summed E-state index contributed by atoms with van der Waals surface area (Å²) in [6.07, 6.45) is 0. The molecule has 1 aromatic heterocycles. The van der Waals surface area contributed by atoms with Crippen LogP contribution in [-0.4, -0.2) is 41.9 Å². The predicted molar refractivity (Wildman–Crippen MR) is 128 cm³/mol. The van der Waals surface area contributed by atoms with Crippen LogP contribution in [0.15, 0.2) is 66.7 Å². The normalized spacial score (nSPS) is 17.4. The van der Waals surface area contributed by atoms with Crippen molar-refractivity contribution < 1.29 is 23.9 Å². The number of imide groups is 1. The number of esters is 1. The SMILES string of the molecule is CCOC(=O)c1cc(-c2ccccc2)sc1NC(=O)CN1C(=O)NC(C)(c2ccccc2)C1=O. The van der Waals surface area contributed by atoms with Gasteiger partial charge in [-0.3, -0.25) is 14.5 Å². The van der Waals surface area contributed by atoms with Crippen molar-refractivity contribution in [2.24, 2.45) is 0 Å². The Bertz CT molecular complexity index is 1240. The Kier molecular flexibility index (Phi) is 6.47. The van der Waals surface area contributed by atoms with E-state index in [1.54, 1.807) is 44.2 Å². The molecule has 0 spiro atoms. The van der Waals surface area contributed by atoms with E-state index in [0.717, 1.165) is 15.3 Å². The fourth-order valence-corrected chi connectivity index (χ4v) is 4.77. The van der Waals surface area contributed by atoms with E-state index in [0.29, 0.717) is 10.6 Å². The lowest BCUT2D eigenvalue weighted by Gasteiger charge is -2.22. The molecule has 2 N–H and O–H groups in total. The maximum atomic E-state index is 13.1. The van der Waals surface area contributed by atoms with E-state index in [1.165, 1.54) is 11.3 Å². The minimum absolute atomic E-state index is 0.184. The average molecular weight is 478 g/mol. The summed E-state index contributed by atoms with van der Waals surface area (Å²) in [6, 6.07) is 19.3. The van der Waals surface area contributed by atoms with Gasteiger partial charge in [-0.1, -0.05) is 60.7 Å². The lowest BCUT2D eigenvalue weighted by molar-refractivity contribution is -0.133. The number of carbonyl (C=O) groups excluding carboxylic acids is 4. The summed E-state index contributed by atoms with van der Waals surface area (Å²) in [5, 5.41) is 5.65. The summed E-state index contributed by atoms with van der Waals surface area (Å²) < 4.78 is 5.13. The smallest absolute Gasteiger partial charge is 0.341 e. The number of rotatable bonds is 7. The van der Waals surface area contributed by atoms with Crippen LogP contribution in [0.3, 0.4) is 0 Å². The van der Waals surface area contributed by atoms with Gasteiger partial charge < -0.3 is 15.4 Å². The monoisotopic (exact) mass is 477 g/mol. The molecule has 2 heterocycles. The summed E-state index contributed by atoms with van der Waals surface area (Å²) in [6.45, 7) is 2.99. The van der Waals surface area contributed by atoms with Crippen LogP contribution in [0.2, 0.25) is 0 Å². The molecule has 1 unspecified atom stereocenters. The van der Waals surface area contributed by atoms with Crippen LogP contribution >= 0.6 is 11.3 Å². The summed E-state index contributed by atoms with van der Waals surface area (Å²) in [7, 11) is 0. The number of hydrogen-bond acceptors (Lipinski definition) is 6. The van der Waals surface area contributed by atoms with Gasteiger partial charge in [-0.25, -0.2) is 9.59 Å². The number of ether oxygens (including phenoxy) is 1. The van der Waals surface area contributed by atoms with E-state index >= 15 is 0 Å². The molecular formula is C25H23N3O5S. The molecule has 0 radical (unpaired) electrons. The molecule has 4 amide bonds. The van der Waals surface area contributed by atoms with E-state index in [-0.39, 0.29) is 12.2 Å². The zero-order chi connectivity index (χ0) is 24.3. The third kappa shape index (κ3) is 4.42. The van der Waals surface area contributed by atoms with Crippen molar-refractivity contribution >= 4 is 40.2 Å². The lowest BCUT2D eigenvalue weighted by Crippen LogP contribution is -2.42. The number of nitrogens with zero attached hydrogens (tertiary/aromatic N) is 1. The molecule has 34 heavy (non-hydrogen) atoms. The fraction of sp³-hybridized carbons (Fsp3) is 0.200. The van der Waals surface area contributed by atoms with Gasteiger partial charge in [0.25, 0.3) is 5.91 Å². The van der Waals surface area contributed by atoms with Gasteiger partial charge in [0.05, 0.1) is 12.2 Å². The van der Waals surface area contributed by atoms with Gasteiger partial charge in [0.1, 0.15) is 17.1 Å². The third-order valence-electron chi connectivity index (χ3n) is 5.47. The van der Waals surface area contributed by atoms with Crippen molar-refractivity contribution in [1.82, 2.24) is 10.2 Å². The highest BCUT2D eigenvalue weighted by Gasteiger charge is 2.49. The molecule has 1 saturated heterocycles. The molecule has 0 aliphatic carbocycles. The standard InChI is InChI=1S/C25H23N3O5S/c1-3-33-22(30)18-14-19(16-10-6-4-7-11-16)34-21(18)26-20(29)15-28-23(31)25(2,27-24(28)32)17-12-8-5-9-13-17/h4-14H,3,15H2,1-2H3,(H,26,29)(H,27,32). The molecule has 0 bridgehead atoms. The first kappa shape index (κ1) is 23.2. The molecule has 4 rings (SSSR count). The van der Waals surface area contributed by atoms with Gasteiger partial charge in [0.2, 0.25) is 5.91 Å². The minimum atomic E-state index is -1.27. The molecule has 0 saturated carbocycles. The van der Waals surface area contributed by atoms with Crippen LogP contribution in [0, 0.1) is 0 Å². The second-order valence-corrected chi connectivity index (χ2v) is 8.85. The fourth-order valence-electron chi connectivity index (χ4n) is 3.71. The molecule has 3 aromatic rings. The molecular weight excluding hydrogens is 454 g/mol. The van der Waals surface area contributed by atoms with Crippen molar-refractivity contribution in [3.63, 3.8) is 0 Å². The topological polar surface area (TPSA) is 105 Å². The number of urea groups is 1. The second-order valence-electron chi connectivity index (χ2n) is 7.80. The molecule has 9 heteroatoms. The maximum absolute atomic E-state index is 13.1. The van der Waals surface area contributed by atoms with Crippen molar-refractivity contribution in [3.8, 4) is 10.4 Å². The summed E-state index contributed by atoms with van der Waals surface area (Å²) in [5.74, 6) is -1.70. The van der Waals surface area contributed by atoms with E-state index in [2.05, 4.69) is 10.6 Å². The Morgan fingerprint density at radius 3 is 2.35 bits per heavy atom. The van der Waals surface area contributed by atoms with E-state index in [1.807, 2.05) is 36.4 Å². The van der Waals surface area contributed by atoms with Crippen molar-refractivity contribution in [1.29, 1.82) is 0 Å². The Labute approximate surface area is 200 Å². The zero-order valence-electron chi connectivity index (χ0n) is 18.7. The van der Waals surface area contributed by atoms with Crippen LogP contribution in [0.1, 0.15) is 29.8 Å². The molecule has 1 fully saturated rings. The average Bonchev–Trinajstić information content (AvgIpc) is 3.35. The number of carbonyl (C=O) groups is 4. The first-order valence-corrected chi connectivity index (χ1v) is 11.5. The second kappa shape index (κ2) is 9.48. The number of benzene rings is 2. The first-order valence-electron chi connectivity index (χ1n) is 10.7.